The van der Waals surface area contributed by atoms with Gasteiger partial charge in [0.05, 0.1) is 6.54 Å². The third kappa shape index (κ3) is 3.29. The molecule has 1 fully saturated rings. The van der Waals surface area contributed by atoms with Crippen molar-refractivity contribution < 1.29 is 9.59 Å². The number of aryl methyl sites for hydroxylation is 2. The Morgan fingerprint density at radius 2 is 1.56 bits per heavy atom. The lowest BCUT2D eigenvalue weighted by Crippen LogP contribution is -2.40. The number of hydrogen-bond donors (Lipinski definition) is 1. The second-order valence-electron chi connectivity index (χ2n) is 6.88. The van der Waals surface area contributed by atoms with Gasteiger partial charge < -0.3 is 5.32 Å². The topological polar surface area (TPSA) is 49.4 Å². The molecule has 0 unspecified atom stereocenters. The summed E-state index contributed by atoms with van der Waals surface area (Å²) in [6.07, 6.45) is 2.09. The third-order valence-corrected chi connectivity index (χ3v) is 4.81. The predicted molar refractivity (Wildman–Crippen MR) is 98.0 cm³/mol. The minimum atomic E-state index is -1.01. The van der Waals surface area contributed by atoms with Crippen molar-refractivity contribution in [2.45, 2.75) is 45.7 Å². The molecule has 3 amide bonds. The van der Waals surface area contributed by atoms with Gasteiger partial charge in [-0.1, -0.05) is 67.4 Å². The monoisotopic (exact) mass is 336 g/mol. The molecule has 0 aromatic heterocycles. The zero-order valence-corrected chi connectivity index (χ0v) is 15.0. The fourth-order valence-electron chi connectivity index (χ4n) is 3.21. The fraction of sp³-hybridized carbons (Fsp3) is 0.333. The maximum Gasteiger partial charge on any atom is 0.325 e. The average Bonchev–Trinajstić information content (AvgIpc) is 2.82. The van der Waals surface area contributed by atoms with Gasteiger partial charge in [-0.05, 0) is 37.0 Å². The summed E-state index contributed by atoms with van der Waals surface area (Å²) >= 11 is 0. The average molecular weight is 336 g/mol. The number of nitrogens with zero attached hydrogens (tertiary/aromatic N) is 1. The Balaban J connectivity index is 1.82. The molecule has 1 saturated heterocycles. The second-order valence-corrected chi connectivity index (χ2v) is 6.88. The number of hydrogen-bond acceptors (Lipinski definition) is 2. The highest BCUT2D eigenvalue weighted by Crippen LogP contribution is 2.30. The molecule has 0 radical (unpaired) electrons. The Hall–Kier alpha value is -2.62. The first-order valence-electron chi connectivity index (χ1n) is 8.73. The van der Waals surface area contributed by atoms with Crippen LogP contribution < -0.4 is 5.32 Å². The van der Waals surface area contributed by atoms with Crippen LogP contribution in [0.2, 0.25) is 0 Å². The van der Waals surface area contributed by atoms with Crippen LogP contribution in [0, 0.1) is 6.92 Å². The van der Waals surface area contributed by atoms with Gasteiger partial charge in [-0.3, -0.25) is 9.69 Å². The maximum atomic E-state index is 13.0. The highest BCUT2D eigenvalue weighted by atomic mass is 16.2. The number of imide groups is 1. The molecule has 3 rings (SSSR count). The highest BCUT2D eigenvalue weighted by Gasteiger charge is 2.48. The SMILES string of the molecule is CCCc1ccc([C@@]2(C)NC(=O)N(Cc3ccc(C)cc3)C2=O)cc1. The minimum absolute atomic E-state index is 0.207. The molecule has 130 valence electrons. The molecule has 25 heavy (non-hydrogen) atoms. The predicted octanol–water partition coefficient (Wildman–Crippen LogP) is 3.91. The lowest BCUT2D eigenvalue weighted by atomic mass is 9.91. The van der Waals surface area contributed by atoms with Crippen LogP contribution in [0.5, 0.6) is 0 Å². The molecular formula is C21H24N2O2. The normalized spacial score (nSPS) is 20.0. The van der Waals surface area contributed by atoms with Gasteiger partial charge in [0, 0.05) is 0 Å². The van der Waals surface area contributed by atoms with E-state index in [0.717, 1.165) is 29.5 Å². The van der Waals surface area contributed by atoms with Crippen LogP contribution in [-0.4, -0.2) is 16.8 Å². The molecular weight excluding hydrogens is 312 g/mol. The summed E-state index contributed by atoms with van der Waals surface area (Å²) in [7, 11) is 0. The molecule has 1 heterocycles. The molecule has 1 atom stereocenters. The van der Waals surface area contributed by atoms with E-state index in [-0.39, 0.29) is 18.5 Å². The van der Waals surface area contributed by atoms with E-state index < -0.39 is 5.54 Å². The van der Waals surface area contributed by atoms with Crippen LogP contribution in [0.15, 0.2) is 48.5 Å². The van der Waals surface area contributed by atoms with Crippen molar-refractivity contribution in [1.82, 2.24) is 10.2 Å². The number of urea groups is 1. The van der Waals surface area contributed by atoms with E-state index in [2.05, 4.69) is 12.2 Å². The van der Waals surface area contributed by atoms with Crippen LogP contribution in [0.3, 0.4) is 0 Å². The minimum Gasteiger partial charge on any atom is -0.319 e. The van der Waals surface area contributed by atoms with Crippen molar-refractivity contribution in [3.8, 4) is 0 Å². The standard InChI is InChI=1S/C21H24N2O2/c1-4-5-16-10-12-18(13-11-16)21(3)19(24)23(20(25)22-21)14-17-8-6-15(2)7-9-17/h6-13H,4-5,14H2,1-3H3,(H,22,25)/t21-/m1/s1. The van der Waals surface area contributed by atoms with E-state index in [9.17, 15) is 9.59 Å². The van der Waals surface area contributed by atoms with E-state index in [1.54, 1.807) is 6.92 Å². The summed E-state index contributed by atoms with van der Waals surface area (Å²) in [5.41, 5.74) is 3.14. The Morgan fingerprint density at radius 3 is 2.16 bits per heavy atom. The Morgan fingerprint density at radius 1 is 0.960 bits per heavy atom. The lowest BCUT2D eigenvalue weighted by Gasteiger charge is -2.22. The molecule has 1 aliphatic rings. The summed E-state index contributed by atoms with van der Waals surface area (Å²) in [5.74, 6) is -0.207. The first-order chi connectivity index (χ1) is 11.9. The first-order valence-corrected chi connectivity index (χ1v) is 8.73. The van der Waals surface area contributed by atoms with Crippen LogP contribution in [-0.2, 0) is 23.3 Å². The van der Waals surface area contributed by atoms with E-state index in [4.69, 9.17) is 0 Å². The van der Waals surface area contributed by atoms with Gasteiger partial charge in [0.25, 0.3) is 5.91 Å². The van der Waals surface area contributed by atoms with Crippen LogP contribution >= 0.6 is 0 Å². The second kappa shape index (κ2) is 6.71. The number of rotatable bonds is 5. The number of carbonyl (C=O) groups excluding carboxylic acids is 2. The smallest absolute Gasteiger partial charge is 0.319 e. The Labute approximate surface area is 148 Å². The molecule has 0 bridgehead atoms. The number of nitrogens with one attached hydrogen (secondary N) is 1. The van der Waals surface area contributed by atoms with E-state index in [1.807, 2.05) is 55.5 Å². The van der Waals surface area contributed by atoms with E-state index in [1.165, 1.54) is 10.5 Å². The van der Waals surface area contributed by atoms with Gasteiger partial charge in [-0.15, -0.1) is 0 Å². The number of carbonyl (C=O) groups is 2. The third-order valence-electron chi connectivity index (χ3n) is 4.81. The first kappa shape index (κ1) is 17.2. The zero-order valence-electron chi connectivity index (χ0n) is 15.0. The van der Waals surface area contributed by atoms with Gasteiger partial charge >= 0.3 is 6.03 Å². The van der Waals surface area contributed by atoms with Gasteiger partial charge in [-0.25, -0.2) is 4.79 Å². The Kier molecular flexibility index (Phi) is 4.62. The maximum absolute atomic E-state index is 13.0. The molecule has 2 aromatic rings. The van der Waals surface area contributed by atoms with Crippen molar-refractivity contribution in [2.24, 2.45) is 0 Å². The summed E-state index contributed by atoms with van der Waals surface area (Å²) in [5, 5.41) is 2.87. The van der Waals surface area contributed by atoms with Gasteiger partial charge in [0.2, 0.25) is 0 Å². The number of benzene rings is 2. The molecule has 0 spiro atoms. The van der Waals surface area contributed by atoms with Crippen LogP contribution in [0.25, 0.3) is 0 Å². The van der Waals surface area contributed by atoms with Crippen molar-refractivity contribution in [1.29, 1.82) is 0 Å². The molecule has 0 saturated carbocycles. The Bertz CT molecular complexity index is 781. The summed E-state index contributed by atoms with van der Waals surface area (Å²) in [6.45, 7) is 6.21. The lowest BCUT2D eigenvalue weighted by molar-refractivity contribution is -0.131. The van der Waals surface area contributed by atoms with E-state index >= 15 is 0 Å². The van der Waals surface area contributed by atoms with Gasteiger partial charge in [-0.2, -0.15) is 0 Å². The molecule has 1 aliphatic heterocycles. The van der Waals surface area contributed by atoms with Gasteiger partial charge in [0.15, 0.2) is 0 Å². The molecule has 4 nitrogen and oxygen atoms in total. The molecule has 2 aromatic carbocycles. The van der Waals surface area contributed by atoms with Crippen LogP contribution in [0.4, 0.5) is 4.79 Å². The highest BCUT2D eigenvalue weighted by molar-refractivity contribution is 6.07. The molecule has 1 N–H and O–H groups in total. The molecule has 0 aliphatic carbocycles. The number of amides is 3. The molecule has 4 heteroatoms. The van der Waals surface area contributed by atoms with E-state index in [0.29, 0.717) is 0 Å². The summed E-state index contributed by atoms with van der Waals surface area (Å²) in [6, 6.07) is 15.5. The van der Waals surface area contributed by atoms with Crippen LogP contribution in [0.1, 0.15) is 42.5 Å². The quantitative estimate of drug-likeness (QED) is 0.842. The van der Waals surface area contributed by atoms with Gasteiger partial charge in [0.1, 0.15) is 5.54 Å². The zero-order chi connectivity index (χ0) is 18.0. The fourth-order valence-corrected chi connectivity index (χ4v) is 3.21. The largest absolute Gasteiger partial charge is 0.325 e. The van der Waals surface area contributed by atoms with Crippen molar-refractivity contribution in [2.75, 3.05) is 0 Å². The summed E-state index contributed by atoms with van der Waals surface area (Å²) < 4.78 is 0. The summed E-state index contributed by atoms with van der Waals surface area (Å²) in [4.78, 5) is 26.7. The van der Waals surface area contributed by atoms with Crippen molar-refractivity contribution in [3.05, 3.63) is 70.8 Å². The van der Waals surface area contributed by atoms with Crippen molar-refractivity contribution in [3.63, 3.8) is 0 Å². The van der Waals surface area contributed by atoms with Crippen molar-refractivity contribution >= 4 is 11.9 Å².